The summed E-state index contributed by atoms with van der Waals surface area (Å²) in [7, 11) is 0. The van der Waals surface area contributed by atoms with Gasteiger partial charge in [-0.05, 0) is 49.7 Å². The van der Waals surface area contributed by atoms with Crippen molar-refractivity contribution in [3.05, 3.63) is 77.9 Å². The summed E-state index contributed by atoms with van der Waals surface area (Å²) in [6.07, 6.45) is 1.65. The largest absolute Gasteiger partial charge is 0.484 e. The maximum Gasteiger partial charge on any atom is 0.277 e. The molecule has 1 aromatic heterocycles. The average Bonchev–Trinajstić information content (AvgIpc) is 3.06. The van der Waals surface area contributed by atoms with Gasteiger partial charge in [0.2, 0.25) is 0 Å². The highest BCUT2D eigenvalue weighted by molar-refractivity contribution is 6.09. The van der Waals surface area contributed by atoms with Crippen molar-refractivity contribution in [3.8, 4) is 5.75 Å². The minimum Gasteiger partial charge on any atom is -0.484 e. The zero-order chi connectivity index (χ0) is 20.2. The van der Waals surface area contributed by atoms with Crippen molar-refractivity contribution in [1.29, 1.82) is 0 Å². The number of hydrogen-bond acceptors (Lipinski definition) is 3. The van der Waals surface area contributed by atoms with Crippen molar-refractivity contribution < 1.29 is 9.53 Å². The lowest BCUT2D eigenvalue weighted by molar-refractivity contribution is -0.123. The zero-order valence-corrected chi connectivity index (χ0v) is 16.6. The van der Waals surface area contributed by atoms with E-state index in [9.17, 15) is 4.79 Å². The number of para-hydroxylation sites is 1. The number of rotatable bonds is 6. The van der Waals surface area contributed by atoms with Crippen LogP contribution in [0, 0.1) is 6.92 Å². The average molecular weight is 385 g/mol. The third kappa shape index (κ3) is 3.99. The predicted molar refractivity (Wildman–Crippen MR) is 118 cm³/mol. The first-order valence-electron chi connectivity index (χ1n) is 9.68. The molecule has 1 amide bonds. The van der Waals surface area contributed by atoms with Crippen LogP contribution in [-0.2, 0) is 11.3 Å². The highest BCUT2D eigenvalue weighted by atomic mass is 16.5. The lowest BCUT2D eigenvalue weighted by Crippen LogP contribution is -2.24. The number of hydrazone groups is 1. The monoisotopic (exact) mass is 385 g/mol. The number of amides is 1. The maximum atomic E-state index is 11.9. The Kier molecular flexibility index (Phi) is 5.29. The SMILES string of the molecule is CCn1c2ccccc2c2cc(/C=N/NC(=O)COc3ccc(C)cc3)ccc21. The third-order valence-corrected chi connectivity index (χ3v) is 4.91. The van der Waals surface area contributed by atoms with E-state index < -0.39 is 0 Å². The Bertz CT molecular complexity index is 1190. The summed E-state index contributed by atoms with van der Waals surface area (Å²) in [5.41, 5.74) is 7.00. The summed E-state index contributed by atoms with van der Waals surface area (Å²) in [5.74, 6) is 0.359. The van der Waals surface area contributed by atoms with Crippen LogP contribution in [0.4, 0.5) is 0 Å². The Balaban J connectivity index is 1.45. The van der Waals surface area contributed by atoms with E-state index in [1.165, 1.54) is 21.8 Å². The number of aromatic nitrogens is 1. The van der Waals surface area contributed by atoms with E-state index in [-0.39, 0.29) is 12.5 Å². The Morgan fingerprint density at radius 2 is 1.79 bits per heavy atom. The van der Waals surface area contributed by atoms with Gasteiger partial charge in [-0.25, -0.2) is 5.43 Å². The number of nitrogens with one attached hydrogen (secondary N) is 1. The highest BCUT2D eigenvalue weighted by Gasteiger charge is 2.09. The van der Waals surface area contributed by atoms with Gasteiger partial charge in [0.1, 0.15) is 5.75 Å². The van der Waals surface area contributed by atoms with Crippen molar-refractivity contribution in [2.45, 2.75) is 20.4 Å². The first-order chi connectivity index (χ1) is 14.2. The quantitative estimate of drug-likeness (QED) is 0.388. The molecule has 5 heteroatoms. The smallest absolute Gasteiger partial charge is 0.277 e. The summed E-state index contributed by atoms with van der Waals surface area (Å²) >= 11 is 0. The van der Waals surface area contributed by atoms with Gasteiger partial charge in [-0.1, -0.05) is 42.0 Å². The number of ether oxygens (including phenoxy) is 1. The molecule has 0 spiro atoms. The maximum absolute atomic E-state index is 11.9. The van der Waals surface area contributed by atoms with Crippen LogP contribution in [0.3, 0.4) is 0 Å². The molecule has 0 radical (unpaired) electrons. The second-order valence-electron chi connectivity index (χ2n) is 6.93. The Labute approximate surface area is 169 Å². The van der Waals surface area contributed by atoms with E-state index >= 15 is 0 Å². The second-order valence-corrected chi connectivity index (χ2v) is 6.93. The number of fused-ring (bicyclic) bond motifs is 3. The Morgan fingerprint density at radius 1 is 1.03 bits per heavy atom. The van der Waals surface area contributed by atoms with Crippen LogP contribution in [-0.4, -0.2) is 23.3 Å². The molecule has 29 heavy (non-hydrogen) atoms. The van der Waals surface area contributed by atoms with Crippen molar-refractivity contribution in [2.24, 2.45) is 5.10 Å². The van der Waals surface area contributed by atoms with Gasteiger partial charge >= 0.3 is 0 Å². The molecule has 0 saturated heterocycles. The molecule has 0 aliphatic rings. The number of carbonyl (C=O) groups is 1. The topological polar surface area (TPSA) is 55.6 Å². The molecule has 0 bridgehead atoms. The molecule has 1 N–H and O–H groups in total. The molecule has 3 aromatic carbocycles. The molecule has 0 atom stereocenters. The predicted octanol–water partition coefficient (Wildman–Crippen LogP) is 4.65. The highest BCUT2D eigenvalue weighted by Crippen LogP contribution is 2.29. The van der Waals surface area contributed by atoms with Crippen LogP contribution in [0.2, 0.25) is 0 Å². The Morgan fingerprint density at radius 3 is 2.59 bits per heavy atom. The first-order valence-corrected chi connectivity index (χ1v) is 9.68. The van der Waals surface area contributed by atoms with E-state index in [4.69, 9.17) is 4.74 Å². The summed E-state index contributed by atoms with van der Waals surface area (Å²) in [6.45, 7) is 4.98. The summed E-state index contributed by atoms with van der Waals surface area (Å²) in [4.78, 5) is 11.9. The normalized spacial score (nSPS) is 11.4. The van der Waals surface area contributed by atoms with E-state index in [0.29, 0.717) is 5.75 Å². The van der Waals surface area contributed by atoms with Gasteiger partial charge in [0.25, 0.3) is 5.91 Å². The molecule has 4 aromatic rings. The molecule has 5 nitrogen and oxygen atoms in total. The van der Waals surface area contributed by atoms with Crippen LogP contribution in [0.25, 0.3) is 21.8 Å². The number of carbonyl (C=O) groups excluding carboxylic acids is 1. The fourth-order valence-corrected chi connectivity index (χ4v) is 3.49. The van der Waals surface area contributed by atoms with Gasteiger partial charge in [0.05, 0.1) is 6.21 Å². The fraction of sp³-hybridized carbons (Fsp3) is 0.167. The summed E-state index contributed by atoms with van der Waals surface area (Å²) < 4.78 is 7.76. The molecule has 0 fully saturated rings. The first kappa shape index (κ1) is 18.7. The summed E-state index contributed by atoms with van der Waals surface area (Å²) in [6, 6.07) is 22.2. The molecule has 0 saturated carbocycles. The third-order valence-electron chi connectivity index (χ3n) is 4.91. The molecule has 0 aliphatic carbocycles. The van der Waals surface area contributed by atoms with Crippen LogP contribution >= 0.6 is 0 Å². The van der Waals surface area contributed by atoms with Crippen molar-refractivity contribution in [1.82, 2.24) is 9.99 Å². The summed E-state index contributed by atoms with van der Waals surface area (Å²) in [5, 5.41) is 6.47. The minimum atomic E-state index is -0.300. The molecule has 0 aliphatic heterocycles. The molecule has 1 heterocycles. The van der Waals surface area contributed by atoms with Gasteiger partial charge in [-0.15, -0.1) is 0 Å². The molecule has 4 rings (SSSR count). The van der Waals surface area contributed by atoms with E-state index in [1.807, 2.05) is 37.3 Å². The van der Waals surface area contributed by atoms with Crippen LogP contribution in [0.5, 0.6) is 5.75 Å². The number of aryl methyl sites for hydroxylation is 2. The van der Waals surface area contributed by atoms with Crippen LogP contribution in [0.15, 0.2) is 71.8 Å². The molecular formula is C24H23N3O2. The molecule has 0 unspecified atom stereocenters. The Hall–Kier alpha value is -3.60. The van der Waals surface area contributed by atoms with Crippen molar-refractivity contribution in [2.75, 3.05) is 6.61 Å². The van der Waals surface area contributed by atoms with E-state index in [1.54, 1.807) is 6.21 Å². The zero-order valence-electron chi connectivity index (χ0n) is 16.6. The number of nitrogens with zero attached hydrogens (tertiary/aromatic N) is 2. The van der Waals surface area contributed by atoms with Gasteiger partial charge in [0.15, 0.2) is 6.61 Å². The second kappa shape index (κ2) is 8.19. The van der Waals surface area contributed by atoms with Crippen molar-refractivity contribution in [3.63, 3.8) is 0 Å². The number of hydrogen-bond donors (Lipinski definition) is 1. The minimum absolute atomic E-state index is 0.0799. The van der Waals surface area contributed by atoms with E-state index in [0.717, 1.165) is 17.7 Å². The van der Waals surface area contributed by atoms with Crippen LogP contribution in [0.1, 0.15) is 18.1 Å². The van der Waals surface area contributed by atoms with Gasteiger partial charge in [-0.3, -0.25) is 4.79 Å². The fourth-order valence-electron chi connectivity index (χ4n) is 3.49. The van der Waals surface area contributed by atoms with Crippen LogP contribution < -0.4 is 10.2 Å². The lowest BCUT2D eigenvalue weighted by atomic mass is 10.1. The molecular weight excluding hydrogens is 362 g/mol. The number of benzene rings is 3. The van der Waals surface area contributed by atoms with Gasteiger partial charge < -0.3 is 9.30 Å². The standard InChI is InChI=1S/C24H23N3O2/c1-3-27-22-7-5-4-6-20(22)21-14-18(10-13-23(21)27)15-25-26-24(28)16-29-19-11-8-17(2)9-12-19/h4-15H,3,16H2,1-2H3,(H,26,28)/b25-15+. The lowest BCUT2D eigenvalue weighted by Gasteiger charge is -2.05. The van der Waals surface area contributed by atoms with E-state index in [2.05, 4.69) is 58.4 Å². The van der Waals surface area contributed by atoms with Gasteiger partial charge in [-0.2, -0.15) is 5.10 Å². The van der Waals surface area contributed by atoms with Crippen molar-refractivity contribution >= 4 is 33.9 Å². The van der Waals surface area contributed by atoms with Gasteiger partial charge in [0, 0.05) is 28.4 Å². The molecule has 146 valence electrons.